The van der Waals surface area contributed by atoms with E-state index in [2.05, 4.69) is 5.10 Å². The molecule has 0 bridgehead atoms. The molecule has 0 aliphatic carbocycles. The predicted molar refractivity (Wildman–Crippen MR) is 107 cm³/mol. The fourth-order valence-corrected chi connectivity index (χ4v) is 3.55. The summed E-state index contributed by atoms with van der Waals surface area (Å²) in [5.41, 5.74) is 1.83. The highest BCUT2D eigenvalue weighted by Gasteiger charge is 2.32. The first kappa shape index (κ1) is 21.6. The topological polar surface area (TPSA) is 98.3 Å². The molecule has 0 fully saturated rings. The second-order valence-electron chi connectivity index (χ2n) is 6.56. The van der Waals surface area contributed by atoms with E-state index < -0.39 is 16.7 Å². The monoisotopic (exact) mass is 406 g/mol. The third-order valence-electron chi connectivity index (χ3n) is 4.42. The molecule has 0 spiro atoms. The van der Waals surface area contributed by atoms with Crippen LogP contribution in [0.1, 0.15) is 54.0 Å². The molecule has 1 aromatic heterocycles. The van der Waals surface area contributed by atoms with Gasteiger partial charge in [-0.1, -0.05) is 25.4 Å². The summed E-state index contributed by atoms with van der Waals surface area (Å²) in [6, 6.07) is 2.70. The maximum absolute atomic E-state index is 13.4. The quantitative estimate of drug-likeness (QED) is 0.530. The number of nitro groups is 1. The van der Waals surface area contributed by atoms with Crippen molar-refractivity contribution >= 4 is 34.8 Å². The number of hydrogen-bond donors (Lipinski definition) is 0. The zero-order valence-electron chi connectivity index (χ0n) is 16.6. The van der Waals surface area contributed by atoms with Crippen LogP contribution >= 0.6 is 11.6 Å². The van der Waals surface area contributed by atoms with Gasteiger partial charge in [0.05, 0.1) is 21.3 Å². The largest absolute Gasteiger partial charge is 0.284 e. The van der Waals surface area contributed by atoms with Crippen molar-refractivity contribution in [2.24, 2.45) is 7.05 Å². The first-order valence-corrected chi connectivity index (χ1v) is 9.36. The van der Waals surface area contributed by atoms with Gasteiger partial charge < -0.3 is 0 Å². The molecule has 1 heterocycles. The minimum absolute atomic E-state index is 0.0964. The number of non-ortho nitro benzene ring substituents is 1. The Labute approximate surface area is 168 Å². The Morgan fingerprint density at radius 2 is 1.82 bits per heavy atom. The van der Waals surface area contributed by atoms with E-state index in [-0.39, 0.29) is 22.8 Å². The summed E-state index contributed by atoms with van der Waals surface area (Å²) in [4.78, 5) is 38.0. The zero-order valence-corrected chi connectivity index (χ0v) is 17.3. The molecule has 28 heavy (non-hydrogen) atoms. The average molecular weight is 407 g/mol. The molecule has 0 radical (unpaired) electrons. The first-order chi connectivity index (χ1) is 13.1. The van der Waals surface area contributed by atoms with Crippen LogP contribution in [-0.2, 0) is 18.3 Å². The zero-order chi connectivity index (χ0) is 21.2. The molecule has 0 saturated carbocycles. The highest BCUT2D eigenvalue weighted by atomic mass is 35.5. The standard InChI is InChI=1S/C19H23ClN4O4/c1-6-8-15(25)23(17-11(3)9-13(24(27)28)10-12(17)4)19(26)18-16(20)14(7-2)21-22(18)5/h9-10H,6-8H2,1-5H3. The average Bonchev–Trinajstić information content (AvgIpc) is 2.91. The van der Waals surface area contributed by atoms with Gasteiger partial charge in [0.25, 0.3) is 11.6 Å². The molecule has 150 valence electrons. The number of imide groups is 1. The third-order valence-corrected chi connectivity index (χ3v) is 4.82. The lowest BCUT2D eigenvalue weighted by Gasteiger charge is -2.24. The van der Waals surface area contributed by atoms with Crippen LogP contribution in [0, 0.1) is 24.0 Å². The number of anilines is 1. The van der Waals surface area contributed by atoms with Crippen LogP contribution in [0.25, 0.3) is 0 Å². The molecule has 2 amide bonds. The molecule has 0 unspecified atom stereocenters. The SMILES string of the molecule is CCCC(=O)N(C(=O)c1c(Cl)c(CC)nn1C)c1c(C)cc([N+](=O)[O-])cc1C. The minimum Gasteiger partial charge on any atom is -0.274 e. The summed E-state index contributed by atoms with van der Waals surface area (Å²) in [5, 5.41) is 15.6. The molecule has 2 rings (SSSR count). The number of rotatable bonds is 6. The summed E-state index contributed by atoms with van der Waals surface area (Å²) < 4.78 is 1.37. The Kier molecular flexibility index (Phi) is 6.56. The number of aryl methyl sites for hydroxylation is 4. The number of amides is 2. The van der Waals surface area contributed by atoms with Gasteiger partial charge in [0, 0.05) is 25.6 Å². The number of nitrogens with zero attached hydrogens (tertiary/aromatic N) is 4. The minimum atomic E-state index is -0.599. The summed E-state index contributed by atoms with van der Waals surface area (Å²) in [6.45, 7) is 6.98. The van der Waals surface area contributed by atoms with Gasteiger partial charge in [-0.05, 0) is 37.8 Å². The van der Waals surface area contributed by atoms with Crippen LogP contribution in [0.5, 0.6) is 0 Å². The van der Waals surface area contributed by atoms with E-state index in [1.807, 2.05) is 13.8 Å². The molecular weight excluding hydrogens is 384 g/mol. The van der Waals surface area contributed by atoms with Crippen molar-refractivity contribution in [1.29, 1.82) is 0 Å². The molecule has 0 atom stereocenters. The predicted octanol–water partition coefficient (Wildman–Crippen LogP) is 4.13. The highest BCUT2D eigenvalue weighted by Crippen LogP contribution is 2.33. The van der Waals surface area contributed by atoms with E-state index in [1.54, 1.807) is 20.9 Å². The smallest absolute Gasteiger partial charge is 0.274 e. The van der Waals surface area contributed by atoms with E-state index in [0.717, 1.165) is 4.90 Å². The van der Waals surface area contributed by atoms with Crippen LogP contribution < -0.4 is 4.90 Å². The fourth-order valence-electron chi connectivity index (χ4n) is 3.17. The van der Waals surface area contributed by atoms with Crippen molar-refractivity contribution in [2.75, 3.05) is 4.90 Å². The van der Waals surface area contributed by atoms with Crippen LogP contribution in [0.3, 0.4) is 0 Å². The molecule has 0 aliphatic heterocycles. The van der Waals surface area contributed by atoms with E-state index in [9.17, 15) is 19.7 Å². The van der Waals surface area contributed by atoms with Gasteiger partial charge in [-0.25, -0.2) is 4.90 Å². The molecule has 8 nitrogen and oxygen atoms in total. The number of hydrogen-bond acceptors (Lipinski definition) is 5. The Balaban J connectivity index is 2.68. The molecule has 0 saturated heterocycles. The summed E-state index contributed by atoms with van der Waals surface area (Å²) in [7, 11) is 1.59. The van der Waals surface area contributed by atoms with Gasteiger partial charge in [0.1, 0.15) is 5.69 Å². The number of carbonyl (C=O) groups is 2. The number of nitro benzene ring substituents is 1. The maximum atomic E-state index is 13.4. The summed E-state index contributed by atoms with van der Waals surface area (Å²) in [6.07, 6.45) is 1.24. The van der Waals surface area contributed by atoms with E-state index in [1.165, 1.54) is 16.8 Å². The molecule has 1 aromatic carbocycles. The van der Waals surface area contributed by atoms with Gasteiger partial charge in [0.2, 0.25) is 5.91 Å². The van der Waals surface area contributed by atoms with Gasteiger partial charge in [-0.3, -0.25) is 24.4 Å². The number of carbonyl (C=O) groups excluding carboxylic acids is 2. The maximum Gasteiger partial charge on any atom is 0.284 e. The molecule has 9 heteroatoms. The van der Waals surface area contributed by atoms with Crippen molar-refractivity contribution in [1.82, 2.24) is 9.78 Å². The number of aromatic nitrogens is 2. The lowest BCUT2D eigenvalue weighted by atomic mass is 10.0. The lowest BCUT2D eigenvalue weighted by Crippen LogP contribution is -2.39. The second-order valence-corrected chi connectivity index (χ2v) is 6.93. The van der Waals surface area contributed by atoms with Crippen molar-refractivity contribution in [3.05, 3.63) is 49.8 Å². The summed E-state index contributed by atoms with van der Waals surface area (Å²) >= 11 is 6.35. The van der Waals surface area contributed by atoms with E-state index >= 15 is 0 Å². The van der Waals surface area contributed by atoms with Crippen molar-refractivity contribution in [2.45, 2.75) is 47.0 Å². The van der Waals surface area contributed by atoms with Crippen LogP contribution in [0.4, 0.5) is 11.4 Å². The normalized spacial score (nSPS) is 10.8. The molecule has 0 N–H and O–H groups in total. The fraction of sp³-hybridized carbons (Fsp3) is 0.421. The Morgan fingerprint density at radius 1 is 1.25 bits per heavy atom. The van der Waals surface area contributed by atoms with E-state index in [4.69, 9.17) is 11.6 Å². The molecule has 0 aliphatic rings. The number of halogens is 1. The van der Waals surface area contributed by atoms with Crippen molar-refractivity contribution in [3.8, 4) is 0 Å². The van der Waals surface area contributed by atoms with Gasteiger partial charge in [0.15, 0.2) is 0 Å². The second kappa shape index (κ2) is 8.52. The van der Waals surface area contributed by atoms with Crippen molar-refractivity contribution in [3.63, 3.8) is 0 Å². The van der Waals surface area contributed by atoms with E-state index in [0.29, 0.717) is 35.3 Å². The Bertz CT molecular complexity index is 929. The number of benzene rings is 1. The first-order valence-electron chi connectivity index (χ1n) is 8.98. The van der Waals surface area contributed by atoms with Crippen LogP contribution in [-0.4, -0.2) is 26.5 Å². The Morgan fingerprint density at radius 3 is 2.25 bits per heavy atom. The van der Waals surface area contributed by atoms with Crippen molar-refractivity contribution < 1.29 is 14.5 Å². The Hall–Kier alpha value is -2.74. The highest BCUT2D eigenvalue weighted by molar-refractivity contribution is 6.36. The van der Waals surface area contributed by atoms with Crippen LogP contribution in [0.2, 0.25) is 5.02 Å². The third kappa shape index (κ3) is 3.91. The molecule has 2 aromatic rings. The lowest BCUT2D eigenvalue weighted by molar-refractivity contribution is -0.384. The molecular formula is C19H23ClN4O4. The van der Waals surface area contributed by atoms with Crippen LogP contribution in [0.15, 0.2) is 12.1 Å². The van der Waals surface area contributed by atoms with Gasteiger partial charge in [-0.15, -0.1) is 0 Å². The van der Waals surface area contributed by atoms with Gasteiger partial charge in [-0.2, -0.15) is 5.10 Å². The van der Waals surface area contributed by atoms with Gasteiger partial charge >= 0.3 is 0 Å². The summed E-state index contributed by atoms with van der Waals surface area (Å²) in [5.74, 6) is -0.999.